The van der Waals surface area contributed by atoms with Gasteiger partial charge in [0.1, 0.15) is 17.5 Å². The number of nitrogens with zero attached hydrogens (tertiary/aromatic N) is 2. The summed E-state index contributed by atoms with van der Waals surface area (Å²) in [5.74, 6) is 3.64. The number of aromatic nitrogens is 2. The predicted octanol–water partition coefficient (Wildman–Crippen LogP) is 2.43. The van der Waals surface area contributed by atoms with Crippen molar-refractivity contribution in [2.24, 2.45) is 11.3 Å². The van der Waals surface area contributed by atoms with Crippen LogP contribution in [0.25, 0.3) is 0 Å². The third-order valence-corrected chi connectivity index (χ3v) is 4.05. The van der Waals surface area contributed by atoms with Gasteiger partial charge in [-0.1, -0.05) is 0 Å². The Kier molecular flexibility index (Phi) is 2.45. The molecule has 2 aliphatic carbocycles. The summed E-state index contributed by atoms with van der Waals surface area (Å²) in [5.41, 5.74) is 0.610. The molecule has 0 radical (unpaired) electrons. The van der Waals surface area contributed by atoms with Crippen molar-refractivity contribution in [3.8, 4) is 0 Å². The van der Waals surface area contributed by atoms with Gasteiger partial charge in [-0.15, -0.1) is 0 Å². The fraction of sp³-hybridized carbons (Fsp3) is 0.692. The lowest BCUT2D eigenvalue weighted by molar-refractivity contribution is 0.466. The highest BCUT2D eigenvalue weighted by Gasteiger charge is 2.53. The molecule has 0 amide bonds. The largest absolute Gasteiger partial charge is 0.373 e. The summed E-state index contributed by atoms with van der Waals surface area (Å²) >= 11 is 0. The second-order valence-corrected chi connectivity index (χ2v) is 5.43. The van der Waals surface area contributed by atoms with Crippen molar-refractivity contribution >= 4 is 11.6 Å². The molecular formula is C13H20N4. The van der Waals surface area contributed by atoms with E-state index >= 15 is 0 Å². The summed E-state index contributed by atoms with van der Waals surface area (Å²) in [6.07, 6.45) is 5.67. The second kappa shape index (κ2) is 3.86. The molecule has 2 aliphatic rings. The monoisotopic (exact) mass is 232 g/mol. The topological polar surface area (TPSA) is 49.8 Å². The summed E-state index contributed by atoms with van der Waals surface area (Å²) < 4.78 is 0. The van der Waals surface area contributed by atoms with Crippen molar-refractivity contribution in [1.82, 2.24) is 9.97 Å². The first-order chi connectivity index (χ1) is 8.22. The molecule has 0 spiro atoms. The molecule has 0 unspecified atom stereocenters. The number of anilines is 2. The lowest BCUT2D eigenvalue weighted by atomic mass is 10.0. The molecule has 1 heterocycles. The van der Waals surface area contributed by atoms with Crippen LogP contribution in [0.15, 0.2) is 6.07 Å². The maximum Gasteiger partial charge on any atom is 0.131 e. The maximum absolute atomic E-state index is 4.43. The van der Waals surface area contributed by atoms with E-state index in [0.29, 0.717) is 5.41 Å². The van der Waals surface area contributed by atoms with Crippen molar-refractivity contribution in [3.05, 3.63) is 11.9 Å². The quantitative estimate of drug-likeness (QED) is 0.818. The summed E-state index contributed by atoms with van der Waals surface area (Å²) in [6.45, 7) is 3.01. The molecule has 1 aromatic heterocycles. The van der Waals surface area contributed by atoms with Crippen molar-refractivity contribution in [3.63, 3.8) is 0 Å². The smallest absolute Gasteiger partial charge is 0.131 e. The molecule has 17 heavy (non-hydrogen) atoms. The Balaban J connectivity index is 1.66. The van der Waals surface area contributed by atoms with Gasteiger partial charge in [-0.05, 0) is 43.9 Å². The highest BCUT2D eigenvalue weighted by molar-refractivity contribution is 5.47. The van der Waals surface area contributed by atoms with Gasteiger partial charge in [0.15, 0.2) is 0 Å². The molecule has 1 aromatic rings. The van der Waals surface area contributed by atoms with Gasteiger partial charge in [0.25, 0.3) is 0 Å². The normalized spacial score (nSPS) is 21.1. The van der Waals surface area contributed by atoms with Gasteiger partial charge < -0.3 is 10.6 Å². The highest BCUT2D eigenvalue weighted by Crippen LogP contribution is 2.61. The minimum atomic E-state index is 0.610. The Morgan fingerprint density at radius 3 is 2.59 bits per heavy atom. The summed E-state index contributed by atoms with van der Waals surface area (Å²) in [7, 11) is 1.89. The molecule has 2 N–H and O–H groups in total. The van der Waals surface area contributed by atoms with Gasteiger partial charge >= 0.3 is 0 Å². The Labute approximate surface area is 102 Å². The first-order valence-corrected chi connectivity index (χ1v) is 6.49. The summed E-state index contributed by atoms with van der Waals surface area (Å²) in [6, 6.07) is 1.98. The maximum atomic E-state index is 4.43. The summed E-state index contributed by atoms with van der Waals surface area (Å²) in [5, 5.41) is 6.56. The van der Waals surface area contributed by atoms with Gasteiger partial charge in [0, 0.05) is 19.7 Å². The van der Waals surface area contributed by atoms with Crippen molar-refractivity contribution in [2.45, 2.75) is 32.6 Å². The molecule has 2 saturated carbocycles. The minimum absolute atomic E-state index is 0.610. The van der Waals surface area contributed by atoms with Crippen LogP contribution in [0.1, 0.15) is 31.5 Å². The van der Waals surface area contributed by atoms with Crippen LogP contribution in [0.3, 0.4) is 0 Å². The molecule has 4 heteroatoms. The van der Waals surface area contributed by atoms with Gasteiger partial charge in [-0.2, -0.15) is 0 Å². The Morgan fingerprint density at radius 2 is 2.00 bits per heavy atom. The van der Waals surface area contributed by atoms with Gasteiger partial charge in [-0.25, -0.2) is 9.97 Å². The van der Waals surface area contributed by atoms with Crippen molar-refractivity contribution in [1.29, 1.82) is 0 Å². The zero-order chi connectivity index (χ0) is 11.9. The SMILES string of the molecule is CNc1cc(NCC2(C3CC3)CC2)nc(C)n1. The highest BCUT2D eigenvalue weighted by atomic mass is 15.1. The molecule has 0 aromatic carbocycles. The van der Waals surface area contributed by atoms with Gasteiger partial charge in [-0.3, -0.25) is 0 Å². The number of aryl methyl sites for hydroxylation is 1. The fourth-order valence-electron chi connectivity index (χ4n) is 2.64. The lowest BCUT2D eigenvalue weighted by Crippen LogP contribution is -2.18. The molecule has 0 bridgehead atoms. The first kappa shape index (κ1) is 10.8. The van der Waals surface area contributed by atoms with Gasteiger partial charge in [0.2, 0.25) is 0 Å². The van der Waals surface area contributed by atoms with E-state index in [0.717, 1.165) is 29.9 Å². The fourth-order valence-corrected chi connectivity index (χ4v) is 2.64. The predicted molar refractivity (Wildman–Crippen MR) is 69.2 cm³/mol. The molecule has 4 nitrogen and oxygen atoms in total. The van der Waals surface area contributed by atoms with Crippen LogP contribution in [-0.4, -0.2) is 23.6 Å². The second-order valence-electron chi connectivity index (χ2n) is 5.43. The standard InChI is InChI=1S/C13H20N4/c1-9-16-11(14-2)7-12(17-9)15-8-13(5-6-13)10-3-4-10/h7,10H,3-6,8H2,1-2H3,(H2,14,15,16,17). The van der Waals surface area contributed by atoms with Crippen LogP contribution >= 0.6 is 0 Å². The zero-order valence-electron chi connectivity index (χ0n) is 10.6. The van der Waals surface area contributed by atoms with E-state index in [4.69, 9.17) is 0 Å². The number of nitrogens with one attached hydrogen (secondary N) is 2. The Bertz CT molecular complexity index is 421. The third-order valence-electron chi connectivity index (χ3n) is 4.05. The zero-order valence-corrected chi connectivity index (χ0v) is 10.6. The van der Waals surface area contributed by atoms with Crippen LogP contribution in [0.5, 0.6) is 0 Å². The van der Waals surface area contributed by atoms with Crippen LogP contribution in [0.2, 0.25) is 0 Å². The molecule has 0 aliphatic heterocycles. The van der Waals surface area contributed by atoms with E-state index in [1.807, 2.05) is 20.0 Å². The van der Waals surface area contributed by atoms with E-state index in [9.17, 15) is 0 Å². The van der Waals surface area contributed by atoms with E-state index in [2.05, 4.69) is 20.6 Å². The van der Waals surface area contributed by atoms with E-state index in [1.165, 1.54) is 25.7 Å². The molecule has 2 fully saturated rings. The Morgan fingerprint density at radius 1 is 1.29 bits per heavy atom. The van der Waals surface area contributed by atoms with E-state index < -0.39 is 0 Å². The van der Waals surface area contributed by atoms with Crippen molar-refractivity contribution in [2.75, 3.05) is 24.2 Å². The minimum Gasteiger partial charge on any atom is -0.373 e. The van der Waals surface area contributed by atoms with Crippen LogP contribution in [-0.2, 0) is 0 Å². The van der Waals surface area contributed by atoms with Gasteiger partial charge in [0.05, 0.1) is 0 Å². The number of hydrogen-bond acceptors (Lipinski definition) is 4. The van der Waals surface area contributed by atoms with Crippen LogP contribution in [0.4, 0.5) is 11.6 Å². The number of rotatable bonds is 5. The first-order valence-electron chi connectivity index (χ1n) is 6.49. The van der Waals surface area contributed by atoms with E-state index in [1.54, 1.807) is 0 Å². The van der Waals surface area contributed by atoms with Crippen molar-refractivity contribution < 1.29 is 0 Å². The average molecular weight is 232 g/mol. The molecular weight excluding hydrogens is 212 g/mol. The lowest BCUT2D eigenvalue weighted by Gasteiger charge is -2.16. The van der Waals surface area contributed by atoms with E-state index in [-0.39, 0.29) is 0 Å². The summed E-state index contributed by atoms with van der Waals surface area (Å²) in [4.78, 5) is 8.73. The number of hydrogen-bond donors (Lipinski definition) is 2. The van der Waals surface area contributed by atoms with Crippen LogP contribution < -0.4 is 10.6 Å². The molecule has 0 atom stereocenters. The third kappa shape index (κ3) is 2.21. The molecule has 3 rings (SSSR count). The molecule has 92 valence electrons. The average Bonchev–Trinajstić information content (AvgIpc) is 3.15. The molecule has 0 saturated heterocycles. The van der Waals surface area contributed by atoms with Crippen LogP contribution in [0, 0.1) is 18.3 Å². The Hall–Kier alpha value is -1.32.